The molecule has 1 amide bonds. The highest BCUT2D eigenvalue weighted by Gasteiger charge is 2.36. The molecule has 0 radical (unpaired) electrons. The van der Waals surface area contributed by atoms with Crippen LogP contribution in [0.1, 0.15) is 23.7 Å². The number of fused-ring (bicyclic) bond motifs is 1. The number of methoxy groups -OCH3 is 1. The Morgan fingerprint density at radius 2 is 1.91 bits per heavy atom. The Balaban J connectivity index is 1.53. The van der Waals surface area contributed by atoms with Gasteiger partial charge in [0, 0.05) is 30.5 Å². The monoisotopic (exact) mass is 449 g/mol. The smallest absolute Gasteiger partial charge is 0.227 e. The fraction of sp³-hybridized carbons (Fsp3) is 0.200. The van der Waals surface area contributed by atoms with E-state index in [0.717, 1.165) is 22.4 Å². The molecule has 0 bridgehead atoms. The van der Waals surface area contributed by atoms with Gasteiger partial charge in [-0.15, -0.1) is 0 Å². The second-order valence-corrected chi connectivity index (χ2v) is 8.33. The number of anilines is 1. The Bertz CT molecular complexity index is 1300. The molecule has 32 heavy (non-hydrogen) atoms. The molecule has 1 aromatic heterocycles. The van der Waals surface area contributed by atoms with E-state index in [-0.39, 0.29) is 17.6 Å². The first kappa shape index (κ1) is 20.5. The van der Waals surface area contributed by atoms with Gasteiger partial charge in [0.25, 0.3) is 0 Å². The molecule has 5 rings (SSSR count). The Labute approximate surface area is 190 Å². The second-order valence-electron chi connectivity index (χ2n) is 7.89. The molecule has 1 aliphatic rings. The number of imidazole rings is 1. The second kappa shape index (κ2) is 8.28. The zero-order chi connectivity index (χ0) is 22.2. The molecule has 2 heterocycles. The van der Waals surface area contributed by atoms with Crippen molar-refractivity contribution in [3.63, 3.8) is 0 Å². The summed E-state index contributed by atoms with van der Waals surface area (Å²) in [5.41, 5.74) is 3.48. The standard InChI is InChI=1S/C25H21ClFN3O2/c1-32-23-11-8-18(26)13-22(23)29-15-17(12-24(29)31)25-28-20-4-2-3-5-21(20)30(25)14-16-6-9-19(27)10-7-16/h2-11,13,17H,12,14-15H2,1H3/t17-/m1/s1. The van der Waals surface area contributed by atoms with Gasteiger partial charge in [0.05, 0.1) is 23.8 Å². The van der Waals surface area contributed by atoms with Crippen LogP contribution < -0.4 is 9.64 Å². The van der Waals surface area contributed by atoms with Crippen molar-refractivity contribution in [2.45, 2.75) is 18.9 Å². The van der Waals surface area contributed by atoms with E-state index in [4.69, 9.17) is 21.3 Å². The number of para-hydroxylation sites is 2. The van der Waals surface area contributed by atoms with Crippen molar-refractivity contribution in [2.24, 2.45) is 0 Å². The lowest BCUT2D eigenvalue weighted by Gasteiger charge is -2.20. The molecule has 7 heteroatoms. The quantitative estimate of drug-likeness (QED) is 0.409. The van der Waals surface area contributed by atoms with Crippen molar-refractivity contribution in [3.05, 3.63) is 89.0 Å². The zero-order valence-corrected chi connectivity index (χ0v) is 18.2. The van der Waals surface area contributed by atoms with Crippen molar-refractivity contribution in [2.75, 3.05) is 18.6 Å². The molecule has 0 aliphatic carbocycles. The summed E-state index contributed by atoms with van der Waals surface area (Å²) in [6.45, 7) is 1.02. The zero-order valence-electron chi connectivity index (χ0n) is 17.5. The highest BCUT2D eigenvalue weighted by Crippen LogP contribution is 2.38. The summed E-state index contributed by atoms with van der Waals surface area (Å²) in [4.78, 5) is 19.6. The van der Waals surface area contributed by atoms with Crippen LogP contribution in [-0.4, -0.2) is 29.1 Å². The Morgan fingerprint density at radius 1 is 1.12 bits per heavy atom. The highest BCUT2D eigenvalue weighted by molar-refractivity contribution is 6.31. The molecule has 0 N–H and O–H groups in total. The number of rotatable bonds is 5. The lowest BCUT2D eigenvalue weighted by atomic mass is 10.1. The lowest BCUT2D eigenvalue weighted by Crippen LogP contribution is -2.25. The molecule has 5 nitrogen and oxygen atoms in total. The van der Waals surface area contributed by atoms with E-state index >= 15 is 0 Å². The number of halogens is 2. The van der Waals surface area contributed by atoms with Gasteiger partial charge in [-0.25, -0.2) is 9.37 Å². The van der Waals surface area contributed by atoms with Crippen LogP contribution in [-0.2, 0) is 11.3 Å². The Hall–Kier alpha value is -3.38. The van der Waals surface area contributed by atoms with Gasteiger partial charge in [-0.2, -0.15) is 0 Å². The number of carbonyl (C=O) groups is 1. The molecular weight excluding hydrogens is 429 g/mol. The molecule has 3 aromatic carbocycles. The molecule has 1 saturated heterocycles. The maximum Gasteiger partial charge on any atom is 0.227 e. The van der Waals surface area contributed by atoms with Crippen molar-refractivity contribution in [1.82, 2.24) is 9.55 Å². The maximum absolute atomic E-state index is 13.4. The molecule has 4 aromatic rings. The Morgan fingerprint density at radius 3 is 2.69 bits per heavy atom. The van der Waals surface area contributed by atoms with Gasteiger partial charge in [0.15, 0.2) is 0 Å². The van der Waals surface area contributed by atoms with Crippen molar-refractivity contribution in [1.29, 1.82) is 0 Å². The normalized spacial score (nSPS) is 16.2. The van der Waals surface area contributed by atoms with Crippen LogP contribution in [0, 0.1) is 5.82 Å². The summed E-state index contributed by atoms with van der Waals surface area (Å²) < 4.78 is 21.0. The number of hydrogen-bond acceptors (Lipinski definition) is 3. The first-order valence-electron chi connectivity index (χ1n) is 10.4. The van der Waals surface area contributed by atoms with Gasteiger partial charge in [-0.3, -0.25) is 4.79 Å². The summed E-state index contributed by atoms with van der Waals surface area (Å²) in [7, 11) is 1.58. The van der Waals surface area contributed by atoms with E-state index in [0.29, 0.717) is 36.0 Å². The van der Waals surface area contributed by atoms with E-state index in [1.54, 1.807) is 42.3 Å². The van der Waals surface area contributed by atoms with E-state index in [9.17, 15) is 9.18 Å². The predicted molar refractivity (Wildman–Crippen MR) is 123 cm³/mol. The van der Waals surface area contributed by atoms with Gasteiger partial charge in [-0.05, 0) is 48.0 Å². The van der Waals surface area contributed by atoms with E-state index in [1.165, 1.54) is 12.1 Å². The minimum absolute atomic E-state index is 0.00375. The molecule has 0 saturated carbocycles. The highest BCUT2D eigenvalue weighted by atomic mass is 35.5. The molecule has 1 atom stereocenters. The van der Waals surface area contributed by atoms with Crippen molar-refractivity contribution >= 4 is 34.2 Å². The van der Waals surface area contributed by atoms with Crippen LogP contribution in [0.5, 0.6) is 5.75 Å². The SMILES string of the molecule is COc1ccc(Cl)cc1N1C[C@H](c2nc3ccccc3n2Cc2ccc(F)cc2)CC1=O. The van der Waals surface area contributed by atoms with Crippen LogP contribution in [0.4, 0.5) is 10.1 Å². The number of carbonyl (C=O) groups excluding carboxylic acids is 1. The molecule has 0 unspecified atom stereocenters. The molecule has 162 valence electrons. The topological polar surface area (TPSA) is 47.4 Å². The molecule has 1 aliphatic heterocycles. The fourth-order valence-electron chi connectivity index (χ4n) is 4.33. The third kappa shape index (κ3) is 3.71. The number of amides is 1. The van der Waals surface area contributed by atoms with E-state index in [1.807, 2.05) is 24.3 Å². The summed E-state index contributed by atoms with van der Waals surface area (Å²) >= 11 is 6.20. The van der Waals surface area contributed by atoms with E-state index in [2.05, 4.69) is 4.57 Å². The van der Waals surface area contributed by atoms with Crippen molar-refractivity contribution in [3.8, 4) is 5.75 Å². The molecule has 0 spiro atoms. The number of nitrogens with zero attached hydrogens (tertiary/aromatic N) is 3. The summed E-state index contributed by atoms with van der Waals surface area (Å²) in [6, 6.07) is 19.6. The van der Waals surface area contributed by atoms with Crippen LogP contribution in [0.15, 0.2) is 66.7 Å². The summed E-state index contributed by atoms with van der Waals surface area (Å²) in [6.07, 6.45) is 0.336. The molecular formula is C25H21ClFN3O2. The number of ether oxygens (including phenoxy) is 1. The lowest BCUT2D eigenvalue weighted by molar-refractivity contribution is -0.117. The fourth-order valence-corrected chi connectivity index (χ4v) is 4.50. The minimum atomic E-state index is -0.267. The average Bonchev–Trinajstić information content (AvgIpc) is 3.36. The predicted octanol–water partition coefficient (Wildman–Crippen LogP) is 5.41. The first-order chi connectivity index (χ1) is 15.5. The number of benzene rings is 3. The Kier molecular flexibility index (Phi) is 5.31. The van der Waals surface area contributed by atoms with Crippen LogP contribution in [0.3, 0.4) is 0 Å². The van der Waals surface area contributed by atoms with Crippen molar-refractivity contribution < 1.29 is 13.9 Å². The summed E-state index contributed by atoms with van der Waals surface area (Å²) in [5, 5.41) is 0.542. The average molecular weight is 450 g/mol. The largest absolute Gasteiger partial charge is 0.495 e. The van der Waals surface area contributed by atoms with Crippen LogP contribution in [0.25, 0.3) is 11.0 Å². The summed E-state index contributed by atoms with van der Waals surface area (Å²) in [5.74, 6) is 1.07. The van der Waals surface area contributed by atoms with Crippen LogP contribution in [0.2, 0.25) is 5.02 Å². The third-order valence-corrected chi connectivity index (χ3v) is 6.09. The number of aromatic nitrogens is 2. The van der Waals surface area contributed by atoms with Gasteiger partial charge < -0.3 is 14.2 Å². The van der Waals surface area contributed by atoms with Gasteiger partial charge in [-0.1, -0.05) is 35.9 Å². The first-order valence-corrected chi connectivity index (χ1v) is 10.7. The third-order valence-electron chi connectivity index (χ3n) is 5.86. The molecule has 1 fully saturated rings. The van der Waals surface area contributed by atoms with E-state index < -0.39 is 0 Å². The van der Waals surface area contributed by atoms with Gasteiger partial charge in [0.1, 0.15) is 17.4 Å². The van der Waals surface area contributed by atoms with Gasteiger partial charge >= 0.3 is 0 Å². The number of hydrogen-bond donors (Lipinski definition) is 0. The van der Waals surface area contributed by atoms with Gasteiger partial charge in [0.2, 0.25) is 5.91 Å². The van der Waals surface area contributed by atoms with Crippen LogP contribution >= 0.6 is 11.6 Å². The maximum atomic E-state index is 13.4. The minimum Gasteiger partial charge on any atom is -0.495 e.